The van der Waals surface area contributed by atoms with Crippen LogP contribution in [0.4, 0.5) is 10.5 Å². The Labute approximate surface area is 137 Å². The maximum absolute atomic E-state index is 12.6. The Morgan fingerprint density at radius 3 is 2.57 bits per heavy atom. The van der Waals surface area contributed by atoms with Crippen molar-refractivity contribution in [2.24, 2.45) is 0 Å². The highest BCUT2D eigenvalue weighted by Crippen LogP contribution is 2.27. The lowest BCUT2D eigenvalue weighted by Crippen LogP contribution is -2.61. The smallest absolute Gasteiger partial charge is 0.318 e. The molecule has 2 fully saturated rings. The second-order valence-electron chi connectivity index (χ2n) is 6.24. The Hall–Kier alpha value is -1.60. The van der Waals surface area contributed by atoms with Gasteiger partial charge in [-0.2, -0.15) is 0 Å². The topological polar surface area (TPSA) is 69.7 Å². The molecule has 3 rings (SSSR count). The van der Waals surface area contributed by atoms with E-state index in [-0.39, 0.29) is 29.6 Å². The average molecular weight is 337 g/mol. The third-order valence-corrected chi connectivity index (χ3v) is 6.29. The molecule has 23 heavy (non-hydrogen) atoms. The van der Waals surface area contributed by atoms with Gasteiger partial charge in [0.1, 0.15) is 0 Å². The first kappa shape index (κ1) is 16.3. The molecule has 2 heterocycles. The summed E-state index contributed by atoms with van der Waals surface area (Å²) in [5, 5.41) is 2.87. The predicted octanol–water partition coefficient (Wildman–Crippen LogP) is 1.41. The zero-order valence-corrected chi connectivity index (χ0v) is 14.1. The summed E-state index contributed by atoms with van der Waals surface area (Å²) >= 11 is 0. The van der Waals surface area contributed by atoms with Crippen LogP contribution in [-0.4, -0.2) is 67.5 Å². The number of urea groups is 1. The van der Waals surface area contributed by atoms with Gasteiger partial charge >= 0.3 is 6.03 Å². The van der Waals surface area contributed by atoms with E-state index < -0.39 is 9.84 Å². The van der Waals surface area contributed by atoms with Gasteiger partial charge in [-0.15, -0.1) is 0 Å². The molecule has 6 nitrogen and oxygen atoms in total. The molecular weight excluding hydrogens is 314 g/mol. The third kappa shape index (κ3) is 3.50. The van der Waals surface area contributed by atoms with Crippen LogP contribution in [0.3, 0.4) is 0 Å². The number of hydrogen-bond donors (Lipinski definition) is 1. The molecule has 0 bridgehead atoms. The molecule has 126 valence electrons. The van der Waals surface area contributed by atoms with Crippen molar-refractivity contribution in [2.45, 2.75) is 25.4 Å². The number of carbonyl (C=O) groups is 1. The van der Waals surface area contributed by atoms with Gasteiger partial charge in [-0.3, -0.25) is 4.90 Å². The second kappa shape index (κ2) is 6.49. The first-order valence-electron chi connectivity index (χ1n) is 8.07. The third-order valence-electron chi connectivity index (χ3n) is 4.59. The molecule has 1 N–H and O–H groups in total. The lowest BCUT2D eigenvalue weighted by atomic mass is 10.0. The van der Waals surface area contributed by atoms with E-state index in [1.165, 1.54) is 0 Å². The van der Waals surface area contributed by atoms with Gasteiger partial charge in [0.15, 0.2) is 9.84 Å². The zero-order valence-electron chi connectivity index (χ0n) is 13.3. The summed E-state index contributed by atoms with van der Waals surface area (Å²) in [7, 11) is -3.08. The van der Waals surface area contributed by atoms with Crippen molar-refractivity contribution in [1.29, 1.82) is 0 Å². The molecule has 0 aromatic heterocycles. The fraction of sp³-hybridized carbons (Fsp3) is 0.562. The minimum absolute atomic E-state index is 0.0695. The number of benzene rings is 1. The van der Waals surface area contributed by atoms with Crippen molar-refractivity contribution in [3.8, 4) is 0 Å². The van der Waals surface area contributed by atoms with Crippen LogP contribution < -0.4 is 5.32 Å². The van der Waals surface area contributed by atoms with E-state index in [0.717, 1.165) is 25.2 Å². The van der Waals surface area contributed by atoms with Gasteiger partial charge in [-0.1, -0.05) is 25.1 Å². The number of nitrogens with zero attached hydrogens (tertiary/aromatic N) is 2. The molecule has 2 saturated heterocycles. The number of piperazine rings is 1. The van der Waals surface area contributed by atoms with Crippen LogP contribution in [0, 0.1) is 0 Å². The molecule has 0 radical (unpaired) electrons. The fourth-order valence-electron chi connectivity index (χ4n) is 3.56. The van der Waals surface area contributed by atoms with Crippen LogP contribution in [0.5, 0.6) is 0 Å². The molecule has 0 unspecified atom stereocenters. The monoisotopic (exact) mass is 337 g/mol. The fourth-order valence-corrected chi connectivity index (χ4v) is 5.57. The van der Waals surface area contributed by atoms with Crippen molar-refractivity contribution in [3.63, 3.8) is 0 Å². The van der Waals surface area contributed by atoms with Gasteiger partial charge in [-0.05, 0) is 25.1 Å². The van der Waals surface area contributed by atoms with Crippen molar-refractivity contribution in [2.75, 3.05) is 36.5 Å². The number of anilines is 1. The number of rotatable bonds is 3. The average Bonchev–Trinajstić information content (AvgIpc) is 2.84. The number of sulfone groups is 1. The Morgan fingerprint density at radius 2 is 1.87 bits per heavy atom. The number of hydrogen-bond acceptors (Lipinski definition) is 4. The summed E-state index contributed by atoms with van der Waals surface area (Å²) < 4.78 is 24.2. The summed E-state index contributed by atoms with van der Waals surface area (Å²) in [5.74, 6) is 0.229. The van der Waals surface area contributed by atoms with E-state index in [1.807, 2.05) is 30.3 Å². The van der Waals surface area contributed by atoms with Gasteiger partial charge in [0.05, 0.1) is 17.5 Å². The minimum Gasteiger partial charge on any atom is -0.318 e. The Bertz CT molecular complexity index is 662. The normalized spacial score (nSPS) is 26.7. The number of fused-ring (bicyclic) bond motifs is 1. The maximum atomic E-state index is 12.6. The van der Waals surface area contributed by atoms with E-state index in [9.17, 15) is 13.2 Å². The Balaban J connectivity index is 1.76. The highest BCUT2D eigenvalue weighted by atomic mass is 32.2. The summed E-state index contributed by atoms with van der Waals surface area (Å²) in [4.78, 5) is 16.5. The van der Waals surface area contributed by atoms with Gasteiger partial charge in [0.25, 0.3) is 0 Å². The molecule has 0 aliphatic carbocycles. The summed E-state index contributed by atoms with van der Waals surface area (Å²) in [5.41, 5.74) is 0.728. The van der Waals surface area contributed by atoms with E-state index in [1.54, 1.807) is 4.90 Å². The molecule has 1 aromatic rings. The zero-order chi connectivity index (χ0) is 16.4. The molecule has 0 saturated carbocycles. The Kier molecular flexibility index (Phi) is 4.59. The molecule has 7 heteroatoms. The van der Waals surface area contributed by atoms with Crippen molar-refractivity contribution < 1.29 is 13.2 Å². The molecule has 2 aliphatic rings. The highest BCUT2D eigenvalue weighted by Gasteiger charge is 2.47. The van der Waals surface area contributed by atoms with E-state index >= 15 is 0 Å². The van der Waals surface area contributed by atoms with Crippen molar-refractivity contribution in [3.05, 3.63) is 30.3 Å². The van der Waals surface area contributed by atoms with Crippen LogP contribution >= 0.6 is 0 Å². The second-order valence-corrected chi connectivity index (χ2v) is 8.39. The molecular formula is C16H23N3O3S. The summed E-state index contributed by atoms with van der Waals surface area (Å²) in [6.07, 6.45) is 0.986. The first-order valence-corrected chi connectivity index (χ1v) is 9.89. The molecule has 2 amide bonds. The number of para-hydroxylation sites is 1. The first-order chi connectivity index (χ1) is 11.0. The van der Waals surface area contributed by atoms with Crippen LogP contribution in [0.25, 0.3) is 0 Å². The van der Waals surface area contributed by atoms with Crippen LogP contribution in [0.1, 0.15) is 13.3 Å². The van der Waals surface area contributed by atoms with Gasteiger partial charge in [0.2, 0.25) is 0 Å². The quantitative estimate of drug-likeness (QED) is 0.905. The molecule has 1 aromatic carbocycles. The van der Waals surface area contributed by atoms with Crippen LogP contribution in [0.2, 0.25) is 0 Å². The summed E-state index contributed by atoms with van der Waals surface area (Å²) in [6, 6.07) is 8.73. The Morgan fingerprint density at radius 1 is 1.17 bits per heavy atom. The van der Waals surface area contributed by atoms with E-state index in [0.29, 0.717) is 6.54 Å². The molecule has 2 aliphatic heterocycles. The predicted molar refractivity (Wildman–Crippen MR) is 90.3 cm³/mol. The van der Waals surface area contributed by atoms with Gasteiger partial charge in [0, 0.05) is 24.8 Å². The summed E-state index contributed by atoms with van der Waals surface area (Å²) in [6.45, 7) is 4.26. The van der Waals surface area contributed by atoms with Gasteiger partial charge < -0.3 is 10.2 Å². The largest absolute Gasteiger partial charge is 0.322 e. The highest BCUT2D eigenvalue weighted by molar-refractivity contribution is 7.91. The number of carbonyl (C=O) groups excluding carboxylic acids is 1. The number of nitrogens with one attached hydrogen (secondary N) is 1. The lowest BCUT2D eigenvalue weighted by Gasteiger charge is -2.43. The van der Waals surface area contributed by atoms with E-state index in [2.05, 4.69) is 17.1 Å². The minimum atomic E-state index is -3.08. The molecule has 2 atom stereocenters. The maximum Gasteiger partial charge on any atom is 0.322 e. The van der Waals surface area contributed by atoms with Crippen molar-refractivity contribution >= 4 is 21.6 Å². The van der Waals surface area contributed by atoms with Crippen LogP contribution in [-0.2, 0) is 9.84 Å². The molecule has 0 spiro atoms. The SMILES string of the molecule is CCCN1CCN(C(=O)Nc2ccccc2)[C@H]2CS(=O)(=O)C[C@H]21. The van der Waals surface area contributed by atoms with Crippen LogP contribution in [0.15, 0.2) is 30.3 Å². The standard InChI is InChI=1S/C16H23N3O3S/c1-2-8-18-9-10-19(15-12-23(21,22)11-14(15)18)16(20)17-13-6-4-3-5-7-13/h3-7,14-15H,2,8-12H2,1H3,(H,17,20)/t14-,15+/m1/s1. The van der Waals surface area contributed by atoms with Crippen molar-refractivity contribution in [1.82, 2.24) is 9.80 Å². The number of amides is 2. The van der Waals surface area contributed by atoms with E-state index in [4.69, 9.17) is 0 Å². The van der Waals surface area contributed by atoms with Gasteiger partial charge in [-0.25, -0.2) is 13.2 Å². The lowest BCUT2D eigenvalue weighted by molar-refractivity contribution is 0.0706.